The third-order valence-electron chi connectivity index (χ3n) is 2.59. The van der Waals surface area contributed by atoms with Gasteiger partial charge in [0.05, 0.1) is 6.54 Å². The van der Waals surface area contributed by atoms with Gasteiger partial charge in [-0.15, -0.1) is 0 Å². The minimum absolute atomic E-state index is 0.0377. The number of amides is 2. The molecule has 2 rings (SSSR count). The van der Waals surface area contributed by atoms with Gasteiger partial charge in [0.1, 0.15) is 0 Å². The van der Waals surface area contributed by atoms with Gasteiger partial charge in [0.15, 0.2) is 0 Å². The van der Waals surface area contributed by atoms with Gasteiger partial charge in [-0.05, 0) is 31.0 Å². The largest absolute Gasteiger partial charge is 0.399 e. The molecule has 1 saturated carbocycles. The van der Waals surface area contributed by atoms with Crippen molar-refractivity contribution in [1.82, 2.24) is 10.6 Å². The summed E-state index contributed by atoms with van der Waals surface area (Å²) < 4.78 is 0. The van der Waals surface area contributed by atoms with E-state index in [1.165, 1.54) is 12.1 Å². The van der Waals surface area contributed by atoms with E-state index in [0.29, 0.717) is 16.9 Å². The molecule has 96 valence electrons. The summed E-state index contributed by atoms with van der Waals surface area (Å²) in [5, 5.41) is 5.30. The average Bonchev–Trinajstić information content (AvgIpc) is 3.08. The second-order valence-corrected chi connectivity index (χ2v) is 4.41. The number of nitrogens with one attached hydrogen (secondary N) is 2. The normalized spacial score (nSPS) is 14.0. The van der Waals surface area contributed by atoms with Crippen LogP contribution >= 0.6 is 0 Å². The summed E-state index contributed by atoms with van der Waals surface area (Å²) in [5.74, 6) is -0.539. The Morgan fingerprint density at radius 2 is 1.78 bits per heavy atom. The summed E-state index contributed by atoms with van der Waals surface area (Å²) >= 11 is 0. The Balaban J connectivity index is 1.88. The van der Waals surface area contributed by atoms with E-state index in [0.717, 1.165) is 12.8 Å². The Morgan fingerprint density at radius 3 is 2.33 bits per heavy atom. The van der Waals surface area contributed by atoms with Crippen LogP contribution in [-0.4, -0.2) is 24.4 Å². The molecule has 0 aromatic heterocycles. The Bertz CT molecular complexity index is 463. The van der Waals surface area contributed by atoms with Crippen LogP contribution in [0.4, 0.5) is 11.4 Å². The zero-order valence-electron chi connectivity index (χ0n) is 9.90. The molecule has 0 atom stereocenters. The Morgan fingerprint density at radius 1 is 1.17 bits per heavy atom. The summed E-state index contributed by atoms with van der Waals surface area (Å²) in [4.78, 5) is 23.1. The summed E-state index contributed by atoms with van der Waals surface area (Å²) in [7, 11) is 0. The molecule has 0 saturated heterocycles. The van der Waals surface area contributed by atoms with Gasteiger partial charge in [0.25, 0.3) is 5.91 Å². The van der Waals surface area contributed by atoms with Crippen LogP contribution in [0.1, 0.15) is 23.2 Å². The van der Waals surface area contributed by atoms with Crippen LogP contribution in [0.2, 0.25) is 0 Å². The van der Waals surface area contributed by atoms with E-state index in [9.17, 15) is 9.59 Å². The highest BCUT2D eigenvalue weighted by molar-refractivity contribution is 5.98. The molecule has 1 aliphatic rings. The van der Waals surface area contributed by atoms with Crippen molar-refractivity contribution in [2.75, 3.05) is 18.0 Å². The van der Waals surface area contributed by atoms with Crippen LogP contribution in [-0.2, 0) is 4.79 Å². The van der Waals surface area contributed by atoms with Crippen LogP contribution in [0.5, 0.6) is 0 Å². The van der Waals surface area contributed by atoms with Crippen LogP contribution in [0.15, 0.2) is 18.2 Å². The molecule has 6 N–H and O–H groups in total. The van der Waals surface area contributed by atoms with Gasteiger partial charge in [0, 0.05) is 23.0 Å². The highest BCUT2D eigenvalue weighted by Crippen LogP contribution is 2.18. The number of benzene rings is 1. The zero-order valence-corrected chi connectivity index (χ0v) is 9.90. The Labute approximate surface area is 105 Å². The first kappa shape index (κ1) is 12.2. The van der Waals surface area contributed by atoms with Crippen LogP contribution < -0.4 is 22.1 Å². The van der Waals surface area contributed by atoms with E-state index in [1.807, 2.05) is 0 Å². The van der Waals surface area contributed by atoms with E-state index >= 15 is 0 Å². The number of hydrogen-bond acceptors (Lipinski definition) is 4. The van der Waals surface area contributed by atoms with Gasteiger partial charge in [-0.1, -0.05) is 0 Å². The summed E-state index contributed by atoms with van der Waals surface area (Å²) in [6.07, 6.45) is 2.04. The molecular formula is C12H16N4O2. The van der Waals surface area contributed by atoms with E-state index in [1.54, 1.807) is 6.07 Å². The minimum atomic E-state index is -0.361. The lowest BCUT2D eigenvalue weighted by molar-refractivity contribution is -0.120. The van der Waals surface area contributed by atoms with Gasteiger partial charge in [-0.25, -0.2) is 0 Å². The second kappa shape index (κ2) is 4.95. The lowest BCUT2D eigenvalue weighted by atomic mass is 10.1. The fraction of sp³-hybridized carbons (Fsp3) is 0.333. The van der Waals surface area contributed by atoms with Crippen LogP contribution in [0.25, 0.3) is 0 Å². The molecular weight excluding hydrogens is 232 g/mol. The van der Waals surface area contributed by atoms with Gasteiger partial charge >= 0.3 is 0 Å². The van der Waals surface area contributed by atoms with Gasteiger partial charge in [0.2, 0.25) is 5.91 Å². The third kappa shape index (κ3) is 3.38. The number of carbonyl (C=O) groups excluding carboxylic acids is 2. The molecule has 1 aromatic carbocycles. The highest BCUT2D eigenvalue weighted by atomic mass is 16.2. The predicted octanol–water partition coefficient (Wildman–Crippen LogP) is -0.141. The second-order valence-electron chi connectivity index (χ2n) is 4.41. The third-order valence-corrected chi connectivity index (χ3v) is 2.59. The van der Waals surface area contributed by atoms with Crippen molar-refractivity contribution in [2.45, 2.75) is 18.9 Å². The molecule has 0 aliphatic heterocycles. The number of nitrogen functional groups attached to an aromatic ring is 2. The van der Waals surface area contributed by atoms with E-state index in [-0.39, 0.29) is 24.4 Å². The van der Waals surface area contributed by atoms with Crippen molar-refractivity contribution in [3.05, 3.63) is 23.8 Å². The first-order valence-corrected chi connectivity index (χ1v) is 5.78. The topological polar surface area (TPSA) is 110 Å². The maximum atomic E-state index is 11.8. The zero-order chi connectivity index (χ0) is 13.1. The molecule has 2 amide bonds. The SMILES string of the molecule is Nc1cc(N)cc(C(=O)NCC(=O)NC2CC2)c1. The molecule has 0 heterocycles. The lowest BCUT2D eigenvalue weighted by Gasteiger charge is -2.07. The number of rotatable bonds is 4. The van der Waals surface area contributed by atoms with Crippen LogP contribution in [0, 0.1) is 0 Å². The number of anilines is 2. The molecule has 0 spiro atoms. The quantitative estimate of drug-likeness (QED) is 0.556. The number of hydrogen-bond donors (Lipinski definition) is 4. The minimum Gasteiger partial charge on any atom is -0.399 e. The molecule has 1 fully saturated rings. The molecule has 18 heavy (non-hydrogen) atoms. The lowest BCUT2D eigenvalue weighted by Crippen LogP contribution is -2.37. The van der Waals surface area contributed by atoms with E-state index < -0.39 is 0 Å². The number of carbonyl (C=O) groups is 2. The summed E-state index contributed by atoms with van der Waals surface area (Å²) in [6, 6.07) is 4.89. The van der Waals surface area contributed by atoms with Crippen molar-refractivity contribution in [3.63, 3.8) is 0 Å². The summed E-state index contributed by atoms with van der Waals surface area (Å²) in [6.45, 7) is -0.0377. The number of nitrogens with two attached hydrogens (primary N) is 2. The fourth-order valence-corrected chi connectivity index (χ4v) is 1.58. The Kier molecular flexibility index (Phi) is 3.36. The monoisotopic (exact) mass is 248 g/mol. The van der Waals surface area contributed by atoms with Gasteiger partial charge < -0.3 is 22.1 Å². The first-order valence-electron chi connectivity index (χ1n) is 5.78. The molecule has 0 radical (unpaired) electrons. The van der Waals surface area contributed by atoms with Gasteiger partial charge in [-0.3, -0.25) is 9.59 Å². The average molecular weight is 248 g/mol. The molecule has 0 bridgehead atoms. The van der Waals surface area contributed by atoms with Crippen molar-refractivity contribution < 1.29 is 9.59 Å². The highest BCUT2D eigenvalue weighted by Gasteiger charge is 2.23. The maximum absolute atomic E-state index is 11.8. The molecule has 1 aromatic rings. The Hall–Kier alpha value is -2.24. The maximum Gasteiger partial charge on any atom is 0.251 e. The van der Waals surface area contributed by atoms with Crippen molar-refractivity contribution >= 4 is 23.2 Å². The summed E-state index contributed by atoms with van der Waals surface area (Å²) in [5.41, 5.74) is 12.4. The molecule has 1 aliphatic carbocycles. The van der Waals surface area contributed by atoms with Crippen LogP contribution in [0.3, 0.4) is 0 Å². The van der Waals surface area contributed by atoms with E-state index in [2.05, 4.69) is 10.6 Å². The first-order chi connectivity index (χ1) is 8.54. The molecule has 6 nitrogen and oxygen atoms in total. The van der Waals surface area contributed by atoms with Crippen molar-refractivity contribution in [1.29, 1.82) is 0 Å². The molecule has 6 heteroatoms. The molecule has 0 unspecified atom stereocenters. The van der Waals surface area contributed by atoms with E-state index in [4.69, 9.17) is 11.5 Å². The predicted molar refractivity (Wildman–Crippen MR) is 68.8 cm³/mol. The van der Waals surface area contributed by atoms with Crippen molar-refractivity contribution in [2.24, 2.45) is 0 Å². The van der Waals surface area contributed by atoms with Crippen molar-refractivity contribution in [3.8, 4) is 0 Å². The fourth-order valence-electron chi connectivity index (χ4n) is 1.58. The smallest absolute Gasteiger partial charge is 0.251 e. The standard InChI is InChI=1S/C12H16N4O2/c13-8-3-7(4-9(14)5-8)12(18)15-6-11(17)16-10-1-2-10/h3-5,10H,1-2,6,13-14H2,(H,15,18)(H,16,17). The van der Waals surface area contributed by atoms with Gasteiger partial charge in [-0.2, -0.15) is 0 Å².